The highest BCUT2D eigenvalue weighted by Crippen LogP contribution is 2.66. The Kier molecular flexibility index (Phi) is 3.62. The summed E-state index contributed by atoms with van der Waals surface area (Å²) in [6.07, 6.45) is 9.25. The Balaban J connectivity index is 1.57. The smallest absolute Gasteiger partial charge is 0.123 e. The summed E-state index contributed by atoms with van der Waals surface area (Å²) in [6, 6.07) is 6.61. The van der Waals surface area contributed by atoms with Crippen LogP contribution in [0.2, 0.25) is 0 Å². The Bertz CT molecular complexity index is 849. The van der Waals surface area contributed by atoms with E-state index in [2.05, 4.69) is 41.6 Å². The second kappa shape index (κ2) is 5.65. The summed E-state index contributed by atoms with van der Waals surface area (Å²) in [6.45, 7) is 2.47. The molecule has 1 spiro atoms. The highest BCUT2D eigenvalue weighted by molar-refractivity contribution is 8.18. The molecular weight excluding hydrogens is 351 g/mol. The predicted octanol–water partition coefficient (Wildman–Crippen LogP) is 5.32. The zero-order chi connectivity index (χ0) is 17.1. The molecule has 2 aromatic rings. The zero-order valence-corrected chi connectivity index (χ0v) is 15.9. The first-order valence-corrected chi connectivity index (χ1v) is 10.9. The number of rotatable bonds is 1. The predicted molar refractivity (Wildman–Crippen MR) is 105 cm³/mol. The van der Waals surface area contributed by atoms with Gasteiger partial charge in [0.15, 0.2) is 0 Å². The molecule has 1 saturated heterocycles. The number of hydrogen-bond acceptors (Lipinski definition) is 3. The Labute approximate surface area is 156 Å². The van der Waals surface area contributed by atoms with Crippen LogP contribution in [0.5, 0.6) is 0 Å². The maximum Gasteiger partial charge on any atom is 0.123 e. The second-order valence-corrected chi connectivity index (χ2v) is 10.5. The first kappa shape index (κ1) is 16.0. The molecule has 0 N–H and O–H groups in total. The lowest BCUT2D eigenvalue weighted by Crippen LogP contribution is -2.42. The lowest BCUT2D eigenvalue weighted by Gasteiger charge is -2.47. The van der Waals surface area contributed by atoms with Crippen LogP contribution >= 0.6 is 23.5 Å². The molecule has 1 atom stereocenters. The van der Waals surface area contributed by atoms with Gasteiger partial charge in [-0.15, -0.1) is 23.5 Å². The summed E-state index contributed by atoms with van der Waals surface area (Å²) in [5.41, 5.74) is 5.24. The molecule has 3 aliphatic rings. The molecular formula is C20H21FN2S2. The molecule has 0 radical (unpaired) electrons. The van der Waals surface area contributed by atoms with Crippen molar-refractivity contribution in [2.45, 2.75) is 36.7 Å². The number of halogens is 1. The van der Waals surface area contributed by atoms with E-state index in [1.807, 2.05) is 10.9 Å². The minimum absolute atomic E-state index is 0.209. The highest BCUT2D eigenvalue weighted by Gasteiger charge is 2.57. The van der Waals surface area contributed by atoms with Crippen molar-refractivity contribution in [3.05, 3.63) is 53.1 Å². The Hall–Kier alpha value is -1.20. The van der Waals surface area contributed by atoms with E-state index in [1.165, 1.54) is 54.2 Å². The molecule has 1 saturated carbocycles. The summed E-state index contributed by atoms with van der Waals surface area (Å²) in [5.74, 6) is 2.37. The molecule has 2 nitrogen and oxygen atoms in total. The molecule has 0 amide bonds. The van der Waals surface area contributed by atoms with Gasteiger partial charge in [0, 0.05) is 5.41 Å². The van der Waals surface area contributed by atoms with Crippen molar-refractivity contribution in [2.24, 2.45) is 5.41 Å². The zero-order valence-electron chi connectivity index (χ0n) is 14.3. The van der Waals surface area contributed by atoms with Gasteiger partial charge in [-0.05, 0) is 73.1 Å². The van der Waals surface area contributed by atoms with E-state index in [0.717, 1.165) is 12.1 Å². The largest absolute Gasteiger partial charge is 0.233 e. The van der Waals surface area contributed by atoms with Gasteiger partial charge < -0.3 is 0 Å². The molecule has 1 aromatic carbocycles. The van der Waals surface area contributed by atoms with Gasteiger partial charge in [0.1, 0.15) is 5.82 Å². The van der Waals surface area contributed by atoms with Crippen LogP contribution in [-0.2, 0) is 6.42 Å². The Morgan fingerprint density at radius 2 is 1.92 bits per heavy atom. The van der Waals surface area contributed by atoms with Gasteiger partial charge in [-0.25, -0.2) is 9.07 Å². The number of allylic oxidation sites excluding steroid dienone is 1. The van der Waals surface area contributed by atoms with Gasteiger partial charge in [0.25, 0.3) is 0 Å². The van der Waals surface area contributed by atoms with Crippen LogP contribution < -0.4 is 0 Å². The van der Waals surface area contributed by atoms with Crippen molar-refractivity contribution in [3.8, 4) is 5.69 Å². The molecule has 130 valence electrons. The van der Waals surface area contributed by atoms with E-state index in [9.17, 15) is 4.39 Å². The van der Waals surface area contributed by atoms with E-state index < -0.39 is 0 Å². The van der Waals surface area contributed by atoms with Crippen LogP contribution in [0.25, 0.3) is 11.8 Å². The van der Waals surface area contributed by atoms with Gasteiger partial charge in [-0.2, -0.15) is 5.10 Å². The van der Waals surface area contributed by atoms with Crippen LogP contribution in [0.1, 0.15) is 37.4 Å². The third kappa shape index (κ3) is 2.28. The quantitative estimate of drug-likeness (QED) is 0.675. The highest BCUT2D eigenvalue weighted by atomic mass is 32.2. The molecule has 1 aliphatic heterocycles. The SMILES string of the molecule is C[C@]12Cc3cnn(-c4ccc(F)cc4)c3C=C1CCC21SCCCS1. The molecule has 1 aromatic heterocycles. The van der Waals surface area contributed by atoms with Crippen molar-refractivity contribution >= 4 is 29.6 Å². The Morgan fingerprint density at radius 1 is 1.16 bits per heavy atom. The second-order valence-electron chi connectivity index (χ2n) is 7.43. The fraction of sp³-hybridized carbons (Fsp3) is 0.450. The summed E-state index contributed by atoms with van der Waals surface area (Å²) in [5, 5.41) is 4.63. The molecule has 5 rings (SSSR count). The fourth-order valence-corrected chi connectivity index (χ4v) is 8.42. The molecule has 0 unspecified atom stereocenters. The van der Waals surface area contributed by atoms with Crippen molar-refractivity contribution in [1.82, 2.24) is 9.78 Å². The fourth-order valence-electron chi connectivity index (χ4n) is 4.63. The van der Waals surface area contributed by atoms with Gasteiger partial charge in [-0.3, -0.25) is 0 Å². The molecule has 25 heavy (non-hydrogen) atoms. The van der Waals surface area contributed by atoms with Gasteiger partial charge in [-0.1, -0.05) is 12.5 Å². The summed E-state index contributed by atoms with van der Waals surface area (Å²) >= 11 is 4.38. The van der Waals surface area contributed by atoms with Crippen LogP contribution in [0.3, 0.4) is 0 Å². The van der Waals surface area contributed by atoms with E-state index >= 15 is 0 Å². The summed E-state index contributed by atoms with van der Waals surface area (Å²) < 4.78 is 15.6. The average molecular weight is 373 g/mol. The first-order valence-electron chi connectivity index (χ1n) is 8.93. The normalized spacial score (nSPS) is 27.0. The van der Waals surface area contributed by atoms with Gasteiger partial charge in [0.05, 0.1) is 21.7 Å². The molecule has 0 bridgehead atoms. The number of fused-ring (bicyclic) bond motifs is 3. The average Bonchev–Trinajstić information content (AvgIpc) is 3.14. The summed E-state index contributed by atoms with van der Waals surface area (Å²) in [4.78, 5) is 0. The third-order valence-electron chi connectivity index (χ3n) is 6.04. The van der Waals surface area contributed by atoms with E-state index in [1.54, 1.807) is 17.7 Å². The summed E-state index contributed by atoms with van der Waals surface area (Å²) in [7, 11) is 0. The van der Waals surface area contributed by atoms with Crippen LogP contribution in [-0.4, -0.2) is 25.4 Å². The molecule has 2 heterocycles. The first-order chi connectivity index (χ1) is 12.1. The maximum atomic E-state index is 13.3. The van der Waals surface area contributed by atoms with Crippen molar-refractivity contribution in [3.63, 3.8) is 0 Å². The minimum Gasteiger partial charge on any atom is -0.233 e. The van der Waals surface area contributed by atoms with E-state index in [-0.39, 0.29) is 11.2 Å². The maximum absolute atomic E-state index is 13.3. The number of thioether (sulfide) groups is 2. The van der Waals surface area contributed by atoms with Crippen molar-refractivity contribution in [1.29, 1.82) is 0 Å². The number of hydrogen-bond donors (Lipinski definition) is 0. The number of benzene rings is 1. The van der Waals surface area contributed by atoms with E-state index in [0.29, 0.717) is 4.08 Å². The van der Waals surface area contributed by atoms with Crippen LogP contribution in [0.4, 0.5) is 4.39 Å². The standard InChI is InChI=1S/C20H21FN2S2/c1-19-12-14-13-22-23(17-5-3-16(21)4-6-17)18(14)11-15(19)7-8-20(19)24-9-2-10-25-20/h3-6,11,13H,2,7-10,12H2,1H3/t19-/m0/s1. The minimum atomic E-state index is -0.209. The monoisotopic (exact) mass is 372 g/mol. The molecule has 2 aliphatic carbocycles. The Morgan fingerprint density at radius 3 is 2.68 bits per heavy atom. The third-order valence-corrected chi connectivity index (χ3v) is 9.98. The molecule has 5 heteroatoms. The van der Waals surface area contributed by atoms with Crippen molar-refractivity contribution in [2.75, 3.05) is 11.5 Å². The van der Waals surface area contributed by atoms with E-state index in [4.69, 9.17) is 0 Å². The number of aromatic nitrogens is 2. The number of nitrogens with zero attached hydrogens (tertiary/aromatic N) is 2. The van der Waals surface area contributed by atoms with Crippen molar-refractivity contribution < 1.29 is 4.39 Å². The lowest BCUT2D eigenvalue weighted by atomic mass is 9.74. The van der Waals surface area contributed by atoms with Crippen LogP contribution in [0, 0.1) is 11.2 Å². The molecule has 2 fully saturated rings. The van der Waals surface area contributed by atoms with Gasteiger partial charge in [0.2, 0.25) is 0 Å². The van der Waals surface area contributed by atoms with Gasteiger partial charge >= 0.3 is 0 Å². The van der Waals surface area contributed by atoms with Crippen LogP contribution in [0.15, 0.2) is 36.0 Å². The topological polar surface area (TPSA) is 17.8 Å². The lowest BCUT2D eigenvalue weighted by molar-refractivity contribution is 0.391.